The molecule has 1 amide bonds. The molecule has 0 spiro atoms. The number of nitriles is 1. The summed E-state index contributed by atoms with van der Waals surface area (Å²) in [6.45, 7) is 4.09. The molecule has 0 aliphatic carbocycles. The van der Waals surface area contributed by atoms with E-state index in [1.165, 1.54) is 0 Å². The molecule has 24 heavy (non-hydrogen) atoms. The summed E-state index contributed by atoms with van der Waals surface area (Å²) in [4.78, 5) is 12.1. The number of nitrogens with zero attached hydrogens (tertiary/aromatic N) is 1. The lowest BCUT2D eigenvalue weighted by atomic mass is 10.1. The van der Waals surface area contributed by atoms with Crippen LogP contribution in [0.2, 0.25) is 0 Å². The average Bonchev–Trinajstić information content (AvgIpc) is 2.61. The van der Waals surface area contributed by atoms with E-state index in [1.807, 2.05) is 50.2 Å². The quantitative estimate of drug-likeness (QED) is 0.849. The maximum atomic E-state index is 12.1. The topological polar surface area (TPSA) is 71.3 Å². The van der Waals surface area contributed by atoms with Crippen LogP contribution in [0.15, 0.2) is 48.5 Å². The van der Waals surface area contributed by atoms with Gasteiger partial charge in [0.1, 0.15) is 0 Å². The molecule has 5 heteroatoms. The van der Waals surface area contributed by atoms with Crippen LogP contribution in [0.25, 0.3) is 0 Å². The second-order valence-electron chi connectivity index (χ2n) is 5.19. The highest BCUT2D eigenvalue weighted by atomic mass is 16.5. The van der Waals surface area contributed by atoms with E-state index in [-0.39, 0.29) is 18.6 Å². The molecule has 0 radical (unpaired) electrons. The molecule has 5 nitrogen and oxygen atoms in total. The molecule has 0 fully saturated rings. The van der Waals surface area contributed by atoms with Gasteiger partial charge in [-0.25, -0.2) is 0 Å². The summed E-state index contributed by atoms with van der Waals surface area (Å²) in [6, 6.07) is 16.5. The van der Waals surface area contributed by atoms with Gasteiger partial charge in [0, 0.05) is 6.07 Å². The molecule has 0 bridgehead atoms. The smallest absolute Gasteiger partial charge is 0.258 e. The zero-order chi connectivity index (χ0) is 17.4. The van der Waals surface area contributed by atoms with Gasteiger partial charge in [-0.1, -0.05) is 30.3 Å². The number of benzene rings is 2. The van der Waals surface area contributed by atoms with Crippen LogP contribution in [0.1, 0.15) is 31.0 Å². The summed E-state index contributed by atoms with van der Waals surface area (Å²) in [6.07, 6.45) is 0. The summed E-state index contributed by atoms with van der Waals surface area (Å²) in [5.74, 6) is 0.678. The van der Waals surface area contributed by atoms with Crippen molar-refractivity contribution in [1.29, 1.82) is 5.26 Å². The van der Waals surface area contributed by atoms with E-state index in [0.29, 0.717) is 23.7 Å². The van der Waals surface area contributed by atoms with Crippen LogP contribution in [-0.4, -0.2) is 19.1 Å². The van der Waals surface area contributed by atoms with Crippen molar-refractivity contribution in [1.82, 2.24) is 5.32 Å². The van der Waals surface area contributed by atoms with Crippen LogP contribution < -0.4 is 14.8 Å². The Morgan fingerprint density at radius 3 is 2.58 bits per heavy atom. The summed E-state index contributed by atoms with van der Waals surface area (Å²) in [7, 11) is 0. The Hall–Kier alpha value is -3.00. The van der Waals surface area contributed by atoms with E-state index in [2.05, 4.69) is 5.32 Å². The van der Waals surface area contributed by atoms with Gasteiger partial charge >= 0.3 is 0 Å². The highest BCUT2D eigenvalue weighted by Crippen LogP contribution is 2.28. The molecule has 1 N–H and O–H groups in total. The molecule has 2 aromatic rings. The molecule has 0 heterocycles. The fraction of sp³-hybridized carbons (Fsp3) is 0.263. The van der Waals surface area contributed by atoms with Crippen molar-refractivity contribution in [3.8, 4) is 17.6 Å². The molecule has 0 aliphatic heterocycles. The van der Waals surface area contributed by atoms with Crippen LogP contribution in [0.3, 0.4) is 0 Å². The number of rotatable bonds is 7. The number of nitrogens with one attached hydrogen (secondary N) is 1. The highest BCUT2D eigenvalue weighted by molar-refractivity contribution is 5.78. The van der Waals surface area contributed by atoms with Crippen LogP contribution in [-0.2, 0) is 4.79 Å². The minimum absolute atomic E-state index is 0.102. The fourth-order valence-electron chi connectivity index (χ4n) is 2.22. The Morgan fingerprint density at radius 1 is 1.17 bits per heavy atom. The van der Waals surface area contributed by atoms with Crippen molar-refractivity contribution in [3.63, 3.8) is 0 Å². The van der Waals surface area contributed by atoms with E-state index in [9.17, 15) is 4.79 Å². The van der Waals surface area contributed by atoms with Gasteiger partial charge in [-0.15, -0.1) is 0 Å². The molecule has 0 saturated heterocycles. The second-order valence-corrected chi connectivity index (χ2v) is 5.19. The van der Waals surface area contributed by atoms with E-state index < -0.39 is 0 Å². The van der Waals surface area contributed by atoms with Gasteiger partial charge in [0.05, 0.1) is 24.3 Å². The summed E-state index contributed by atoms with van der Waals surface area (Å²) in [5, 5.41) is 11.8. The van der Waals surface area contributed by atoms with E-state index in [0.717, 1.165) is 5.56 Å². The summed E-state index contributed by atoms with van der Waals surface area (Å²) < 4.78 is 11.0. The molecule has 0 aliphatic rings. The van der Waals surface area contributed by atoms with Crippen molar-refractivity contribution in [2.24, 2.45) is 0 Å². The van der Waals surface area contributed by atoms with Crippen molar-refractivity contribution in [3.05, 3.63) is 59.7 Å². The van der Waals surface area contributed by atoms with Crippen LogP contribution >= 0.6 is 0 Å². The van der Waals surface area contributed by atoms with Crippen molar-refractivity contribution in [2.45, 2.75) is 19.9 Å². The summed E-state index contributed by atoms with van der Waals surface area (Å²) >= 11 is 0. The minimum Gasteiger partial charge on any atom is -0.490 e. The first-order valence-corrected chi connectivity index (χ1v) is 7.78. The lowest BCUT2D eigenvalue weighted by Crippen LogP contribution is -2.31. The lowest BCUT2D eigenvalue weighted by molar-refractivity contribution is -0.123. The standard InChI is InChI=1S/C19H20N2O3/c1-3-23-18-11-15(12-20)9-10-17(18)24-13-19(22)21-14(2)16-7-5-4-6-8-16/h4-11,14H,3,13H2,1-2H3,(H,21,22)/t14-/m0/s1. The van der Waals surface area contributed by atoms with Crippen molar-refractivity contribution < 1.29 is 14.3 Å². The third-order valence-corrected chi connectivity index (χ3v) is 3.41. The van der Waals surface area contributed by atoms with Crippen LogP contribution in [0.4, 0.5) is 0 Å². The monoisotopic (exact) mass is 324 g/mol. The maximum Gasteiger partial charge on any atom is 0.258 e. The third kappa shape index (κ3) is 4.75. The van der Waals surface area contributed by atoms with Crippen molar-refractivity contribution in [2.75, 3.05) is 13.2 Å². The normalized spacial score (nSPS) is 11.2. The molecule has 2 aromatic carbocycles. The van der Waals surface area contributed by atoms with Gasteiger partial charge in [0.25, 0.3) is 5.91 Å². The average molecular weight is 324 g/mol. The number of hydrogen-bond donors (Lipinski definition) is 1. The Morgan fingerprint density at radius 2 is 1.92 bits per heavy atom. The molecular weight excluding hydrogens is 304 g/mol. The fourth-order valence-corrected chi connectivity index (χ4v) is 2.22. The van der Waals surface area contributed by atoms with E-state index in [1.54, 1.807) is 18.2 Å². The number of hydrogen-bond acceptors (Lipinski definition) is 4. The second kappa shape index (κ2) is 8.59. The van der Waals surface area contributed by atoms with Gasteiger partial charge in [0.15, 0.2) is 18.1 Å². The van der Waals surface area contributed by atoms with Gasteiger partial charge in [0.2, 0.25) is 0 Å². The Kier molecular flexibility index (Phi) is 6.21. The first-order valence-electron chi connectivity index (χ1n) is 7.78. The summed E-state index contributed by atoms with van der Waals surface area (Å²) in [5.41, 5.74) is 1.51. The molecule has 0 aromatic heterocycles. The molecular formula is C19H20N2O3. The number of carbonyl (C=O) groups excluding carboxylic acids is 1. The maximum absolute atomic E-state index is 12.1. The Labute approximate surface area is 141 Å². The number of carbonyl (C=O) groups is 1. The van der Waals surface area contributed by atoms with Crippen LogP contribution in [0.5, 0.6) is 11.5 Å². The SMILES string of the molecule is CCOc1cc(C#N)ccc1OCC(=O)N[C@@H](C)c1ccccc1. The molecule has 124 valence electrons. The van der Waals surface area contributed by atoms with Crippen LogP contribution in [0, 0.1) is 11.3 Å². The van der Waals surface area contributed by atoms with E-state index in [4.69, 9.17) is 14.7 Å². The minimum atomic E-state index is -0.224. The molecule has 0 saturated carbocycles. The Balaban J connectivity index is 1.95. The first kappa shape index (κ1) is 17.4. The van der Waals surface area contributed by atoms with Crippen molar-refractivity contribution >= 4 is 5.91 Å². The highest BCUT2D eigenvalue weighted by Gasteiger charge is 2.12. The van der Waals surface area contributed by atoms with Gasteiger partial charge < -0.3 is 14.8 Å². The predicted octanol–water partition coefficient (Wildman–Crippen LogP) is 3.21. The number of amides is 1. The molecule has 1 atom stereocenters. The molecule has 2 rings (SSSR count). The number of ether oxygens (including phenoxy) is 2. The predicted molar refractivity (Wildman–Crippen MR) is 90.8 cm³/mol. The van der Waals surface area contributed by atoms with Gasteiger partial charge in [-0.2, -0.15) is 5.26 Å². The zero-order valence-electron chi connectivity index (χ0n) is 13.8. The Bertz CT molecular complexity index is 723. The van der Waals surface area contributed by atoms with Gasteiger partial charge in [-0.3, -0.25) is 4.79 Å². The third-order valence-electron chi connectivity index (χ3n) is 3.41. The molecule has 0 unspecified atom stereocenters. The largest absolute Gasteiger partial charge is 0.490 e. The van der Waals surface area contributed by atoms with E-state index >= 15 is 0 Å². The zero-order valence-corrected chi connectivity index (χ0v) is 13.8. The lowest BCUT2D eigenvalue weighted by Gasteiger charge is -2.15. The first-order chi connectivity index (χ1) is 11.6. The van der Waals surface area contributed by atoms with Gasteiger partial charge in [-0.05, 0) is 31.5 Å².